The summed E-state index contributed by atoms with van der Waals surface area (Å²) in [7, 11) is 0. The van der Waals surface area contributed by atoms with Gasteiger partial charge in [0.25, 0.3) is 0 Å². The number of nitrogens with two attached hydrogens (primary N) is 1. The van der Waals surface area contributed by atoms with Crippen molar-refractivity contribution >= 4 is 11.8 Å². The molecular weight excluding hydrogens is 152 g/mol. The number of hydrogen-bond donors (Lipinski definition) is 2. The Bertz CT molecular complexity index is 236. The summed E-state index contributed by atoms with van der Waals surface area (Å²) in [6, 6.07) is 1.81. The van der Waals surface area contributed by atoms with E-state index in [0.29, 0.717) is 5.95 Å². The zero-order chi connectivity index (χ0) is 8.81. The van der Waals surface area contributed by atoms with Crippen LogP contribution >= 0.6 is 0 Å². The van der Waals surface area contributed by atoms with Gasteiger partial charge in [0.15, 0.2) is 0 Å². The predicted octanol–water partition coefficient (Wildman–Crippen LogP) is 1.27. The Kier molecular flexibility index (Phi) is 3.32. The first kappa shape index (κ1) is 8.77. The standard InChI is InChI=1S/C8H14N4/c1-2-3-5-10-7-4-6-11-8(9)12-7/h4,6H,2-3,5H2,1H3,(H3,9,10,11,12). The van der Waals surface area contributed by atoms with Crippen molar-refractivity contribution in [3.63, 3.8) is 0 Å². The fourth-order valence-corrected chi connectivity index (χ4v) is 0.865. The molecule has 0 saturated heterocycles. The van der Waals surface area contributed by atoms with Crippen molar-refractivity contribution in [3.05, 3.63) is 12.3 Å². The number of aromatic nitrogens is 2. The SMILES string of the molecule is CCCCNc1ccnc(N)n1. The summed E-state index contributed by atoms with van der Waals surface area (Å²) in [4.78, 5) is 7.80. The summed E-state index contributed by atoms with van der Waals surface area (Å²) in [6.07, 6.45) is 3.97. The minimum absolute atomic E-state index is 0.316. The lowest BCUT2D eigenvalue weighted by Crippen LogP contribution is -2.04. The Morgan fingerprint density at radius 1 is 1.58 bits per heavy atom. The van der Waals surface area contributed by atoms with Crippen LogP contribution in [-0.4, -0.2) is 16.5 Å². The van der Waals surface area contributed by atoms with Crippen molar-refractivity contribution in [3.8, 4) is 0 Å². The average Bonchev–Trinajstić information content (AvgIpc) is 2.05. The molecule has 0 atom stereocenters. The van der Waals surface area contributed by atoms with Crippen LogP contribution in [0.3, 0.4) is 0 Å². The van der Waals surface area contributed by atoms with Crippen molar-refractivity contribution in [1.82, 2.24) is 9.97 Å². The second-order valence-electron chi connectivity index (χ2n) is 2.58. The normalized spacial score (nSPS) is 9.75. The van der Waals surface area contributed by atoms with E-state index in [2.05, 4.69) is 22.2 Å². The highest BCUT2D eigenvalue weighted by Gasteiger charge is 1.92. The maximum atomic E-state index is 5.40. The van der Waals surface area contributed by atoms with E-state index in [1.54, 1.807) is 6.20 Å². The number of nitrogens with one attached hydrogen (secondary N) is 1. The zero-order valence-electron chi connectivity index (χ0n) is 7.25. The molecule has 66 valence electrons. The number of hydrogen-bond acceptors (Lipinski definition) is 4. The van der Waals surface area contributed by atoms with Gasteiger partial charge in [0.05, 0.1) is 0 Å². The number of unbranched alkanes of at least 4 members (excludes halogenated alkanes) is 1. The molecule has 0 unspecified atom stereocenters. The Morgan fingerprint density at radius 2 is 2.42 bits per heavy atom. The predicted molar refractivity (Wildman–Crippen MR) is 49.8 cm³/mol. The van der Waals surface area contributed by atoms with Crippen LogP contribution in [0, 0.1) is 0 Å². The van der Waals surface area contributed by atoms with Gasteiger partial charge < -0.3 is 11.1 Å². The molecule has 3 N–H and O–H groups in total. The summed E-state index contributed by atoms with van der Waals surface area (Å²) in [5, 5.41) is 3.16. The third kappa shape index (κ3) is 2.74. The van der Waals surface area contributed by atoms with E-state index >= 15 is 0 Å². The lowest BCUT2D eigenvalue weighted by Gasteiger charge is -2.03. The highest BCUT2D eigenvalue weighted by molar-refractivity contribution is 5.36. The smallest absolute Gasteiger partial charge is 0.221 e. The highest BCUT2D eigenvalue weighted by atomic mass is 15.1. The van der Waals surface area contributed by atoms with Crippen molar-refractivity contribution < 1.29 is 0 Å². The molecule has 4 heteroatoms. The quantitative estimate of drug-likeness (QED) is 0.661. The fourth-order valence-electron chi connectivity index (χ4n) is 0.865. The van der Waals surface area contributed by atoms with Crippen molar-refractivity contribution in [2.24, 2.45) is 0 Å². The fraction of sp³-hybridized carbons (Fsp3) is 0.500. The Morgan fingerprint density at radius 3 is 3.08 bits per heavy atom. The monoisotopic (exact) mass is 166 g/mol. The molecule has 1 aromatic rings. The van der Waals surface area contributed by atoms with Gasteiger partial charge in [-0.05, 0) is 12.5 Å². The summed E-state index contributed by atoms with van der Waals surface area (Å²) in [5.74, 6) is 1.12. The van der Waals surface area contributed by atoms with Gasteiger partial charge in [0.2, 0.25) is 5.95 Å². The first-order valence-electron chi connectivity index (χ1n) is 4.15. The molecule has 0 aromatic carbocycles. The van der Waals surface area contributed by atoms with Crippen LogP contribution in [-0.2, 0) is 0 Å². The molecule has 12 heavy (non-hydrogen) atoms. The minimum Gasteiger partial charge on any atom is -0.370 e. The van der Waals surface area contributed by atoms with Crippen LogP contribution < -0.4 is 11.1 Å². The van der Waals surface area contributed by atoms with Gasteiger partial charge in [0.1, 0.15) is 5.82 Å². The minimum atomic E-state index is 0.316. The Labute approximate surface area is 72.2 Å². The van der Waals surface area contributed by atoms with Gasteiger partial charge >= 0.3 is 0 Å². The van der Waals surface area contributed by atoms with Gasteiger partial charge in [-0.1, -0.05) is 13.3 Å². The molecule has 0 saturated carbocycles. The Balaban J connectivity index is 2.41. The lowest BCUT2D eigenvalue weighted by atomic mass is 10.3. The molecule has 0 bridgehead atoms. The number of rotatable bonds is 4. The van der Waals surface area contributed by atoms with Gasteiger partial charge in [0, 0.05) is 12.7 Å². The van der Waals surface area contributed by atoms with Gasteiger partial charge in [-0.3, -0.25) is 0 Å². The van der Waals surface area contributed by atoms with Crippen LogP contribution in [0.4, 0.5) is 11.8 Å². The molecule has 4 nitrogen and oxygen atoms in total. The van der Waals surface area contributed by atoms with E-state index in [4.69, 9.17) is 5.73 Å². The van der Waals surface area contributed by atoms with E-state index in [-0.39, 0.29) is 0 Å². The van der Waals surface area contributed by atoms with Gasteiger partial charge in [-0.25, -0.2) is 4.98 Å². The molecule has 1 rings (SSSR count). The maximum absolute atomic E-state index is 5.40. The van der Waals surface area contributed by atoms with E-state index in [1.165, 1.54) is 6.42 Å². The van der Waals surface area contributed by atoms with Crippen LogP contribution in [0.25, 0.3) is 0 Å². The van der Waals surface area contributed by atoms with Gasteiger partial charge in [-0.2, -0.15) is 4.98 Å². The van der Waals surface area contributed by atoms with Gasteiger partial charge in [-0.15, -0.1) is 0 Å². The third-order valence-corrected chi connectivity index (χ3v) is 1.51. The first-order chi connectivity index (χ1) is 5.83. The highest BCUT2D eigenvalue weighted by Crippen LogP contribution is 2.02. The van der Waals surface area contributed by atoms with Crippen molar-refractivity contribution in [1.29, 1.82) is 0 Å². The van der Waals surface area contributed by atoms with Crippen molar-refractivity contribution in [2.45, 2.75) is 19.8 Å². The van der Waals surface area contributed by atoms with Crippen LogP contribution in [0.2, 0.25) is 0 Å². The molecule has 0 aliphatic heterocycles. The molecule has 0 aliphatic carbocycles. The number of nitrogen functional groups attached to an aromatic ring is 1. The number of nitrogens with zero attached hydrogens (tertiary/aromatic N) is 2. The average molecular weight is 166 g/mol. The van der Waals surface area contributed by atoms with E-state index < -0.39 is 0 Å². The summed E-state index contributed by atoms with van der Waals surface area (Å²) < 4.78 is 0. The summed E-state index contributed by atoms with van der Waals surface area (Å²) in [5.41, 5.74) is 5.40. The Hall–Kier alpha value is -1.32. The molecular formula is C8H14N4. The molecule has 1 aromatic heterocycles. The molecule has 1 heterocycles. The van der Waals surface area contributed by atoms with Crippen molar-refractivity contribution in [2.75, 3.05) is 17.6 Å². The molecule has 0 amide bonds. The summed E-state index contributed by atoms with van der Waals surface area (Å²) >= 11 is 0. The van der Waals surface area contributed by atoms with E-state index in [0.717, 1.165) is 18.8 Å². The largest absolute Gasteiger partial charge is 0.370 e. The second-order valence-corrected chi connectivity index (χ2v) is 2.58. The molecule has 0 spiro atoms. The second kappa shape index (κ2) is 4.54. The topological polar surface area (TPSA) is 63.8 Å². The van der Waals surface area contributed by atoms with Crippen LogP contribution in [0.5, 0.6) is 0 Å². The molecule has 0 fully saturated rings. The van der Waals surface area contributed by atoms with Crippen LogP contribution in [0.1, 0.15) is 19.8 Å². The lowest BCUT2D eigenvalue weighted by molar-refractivity contribution is 0.830. The number of anilines is 2. The summed E-state index contributed by atoms with van der Waals surface area (Å²) in [6.45, 7) is 3.09. The first-order valence-corrected chi connectivity index (χ1v) is 4.15. The zero-order valence-corrected chi connectivity index (χ0v) is 7.25. The van der Waals surface area contributed by atoms with Crippen LogP contribution in [0.15, 0.2) is 12.3 Å². The molecule has 0 aliphatic rings. The van der Waals surface area contributed by atoms with E-state index in [1.807, 2.05) is 6.07 Å². The third-order valence-electron chi connectivity index (χ3n) is 1.51. The van der Waals surface area contributed by atoms with E-state index in [9.17, 15) is 0 Å². The molecule has 0 radical (unpaired) electrons. The maximum Gasteiger partial charge on any atom is 0.221 e.